The quantitative estimate of drug-likeness (QED) is 0.583. The number of nitrogens with one attached hydrogen (secondary N) is 1. The summed E-state index contributed by atoms with van der Waals surface area (Å²) in [5.74, 6) is 0. The summed E-state index contributed by atoms with van der Waals surface area (Å²) in [6, 6.07) is 0. The van der Waals surface area contributed by atoms with Crippen molar-refractivity contribution in [2.75, 3.05) is 13.6 Å². The van der Waals surface area contributed by atoms with Gasteiger partial charge in [0.05, 0.1) is 0 Å². The van der Waals surface area contributed by atoms with Crippen molar-refractivity contribution in [2.24, 2.45) is 0 Å². The van der Waals surface area contributed by atoms with Gasteiger partial charge in [0.25, 0.3) is 0 Å². The highest BCUT2D eigenvalue weighted by atomic mass is 14.8. The third-order valence-corrected chi connectivity index (χ3v) is 1.01. The molecule has 0 saturated carbocycles. The molecule has 0 aromatic carbocycles. The van der Waals surface area contributed by atoms with Crippen molar-refractivity contribution in [1.82, 2.24) is 5.32 Å². The van der Waals surface area contributed by atoms with Crippen molar-refractivity contribution in [1.29, 1.82) is 0 Å². The molecule has 0 rings (SSSR count). The molecule has 1 nitrogen and oxygen atoms in total. The molecule has 0 aromatic rings. The molecule has 0 aliphatic heterocycles. The molecule has 56 valence electrons. The summed E-state index contributed by atoms with van der Waals surface area (Å²) < 4.78 is 0. The first-order valence-electron chi connectivity index (χ1n) is 3.32. The van der Waals surface area contributed by atoms with Crippen LogP contribution in [0.2, 0.25) is 0 Å². The summed E-state index contributed by atoms with van der Waals surface area (Å²) in [6.45, 7) is 10.4. The second-order valence-electron chi connectivity index (χ2n) is 2.37. The minimum Gasteiger partial charge on any atom is -0.316 e. The molecule has 0 bridgehead atoms. The van der Waals surface area contributed by atoms with Gasteiger partial charge in [-0.1, -0.05) is 30.9 Å². The van der Waals surface area contributed by atoms with E-state index in [0.29, 0.717) is 0 Å². The van der Waals surface area contributed by atoms with Gasteiger partial charge in [0.15, 0.2) is 0 Å². The summed E-state index contributed by atoms with van der Waals surface area (Å²) in [4.78, 5) is 0. The molecule has 0 saturated heterocycles. The lowest BCUT2D eigenvalue weighted by Gasteiger charge is -1.95. The molecule has 0 heterocycles. The highest BCUT2D eigenvalue weighted by molar-refractivity contribution is 5.23. The van der Waals surface area contributed by atoms with Gasteiger partial charge in [-0.05, 0) is 19.5 Å². The van der Waals surface area contributed by atoms with E-state index in [1.807, 2.05) is 26.1 Å². The topological polar surface area (TPSA) is 12.0 Å². The van der Waals surface area contributed by atoms with Crippen LogP contribution in [0.3, 0.4) is 0 Å². The van der Waals surface area contributed by atoms with Crippen LogP contribution in [0.15, 0.2) is 36.5 Å². The first-order valence-corrected chi connectivity index (χ1v) is 3.32. The highest BCUT2D eigenvalue weighted by Gasteiger charge is 1.82. The Kier molecular flexibility index (Phi) is 4.59. The predicted molar refractivity (Wildman–Crippen MR) is 47.0 cm³/mol. The van der Waals surface area contributed by atoms with Gasteiger partial charge >= 0.3 is 0 Å². The summed E-state index contributed by atoms with van der Waals surface area (Å²) in [7, 11) is 1.90. The zero-order chi connectivity index (χ0) is 7.98. The first kappa shape index (κ1) is 9.18. The van der Waals surface area contributed by atoms with Crippen molar-refractivity contribution in [3.05, 3.63) is 36.5 Å². The number of rotatable bonds is 4. The Morgan fingerprint density at radius 2 is 2.00 bits per heavy atom. The lowest BCUT2D eigenvalue weighted by molar-refractivity contribution is 0.898. The second kappa shape index (κ2) is 5.00. The van der Waals surface area contributed by atoms with E-state index in [1.54, 1.807) is 0 Å². The zero-order valence-corrected chi connectivity index (χ0v) is 6.78. The number of hydrogen-bond donors (Lipinski definition) is 1. The predicted octanol–water partition coefficient (Wildman–Crippen LogP) is 1.89. The maximum atomic E-state index is 3.83. The molecule has 0 aliphatic rings. The Balaban J connectivity index is 3.67. The molecule has 0 atom stereocenters. The second-order valence-corrected chi connectivity index (χ2v) is 2.37. The van der Waals surface area contributed by atoms with Gasteiger partial charge in [-0.3, -0.25) is 0 Å². The molecular formula is C9H15N. The van der Waals surface area contributed by atoms with Crippen LogP contribution in [-0.2, 0) is 0 Å². The molecule has 1 N–H and O–H groups in total. The molecular weight excluding hydrogens is 122 g/mol. The maximum absolute atomic E-state index is 3.83. The van der Waals surface area contributed by atoms with Crippen LogP contribution in [-0.4, -0.2) is 13.6 Å². The molecule has 0 fully saturated rings. The molecule has 10 heavy (non-hydrogen) atoms. The molecule has 1 heteroatoms. The number of likely N-dealkylation sites (N-methyl/N-ethyl adjacent to an activating group) is 1. The number of allylic oxidation sites excluding steroid dienone is 2. The smallest absolute Gasteiger partial charge is 0.0196 e. The van der Waals surface area contributed by atoms with E-state index >= 15 is 0 Å². The van der Waals surface area contributed by atoms with Gasteiger partial charge < -0.3 is 5.32 Å². The van der Waals surface area contributed by atoms with Gasteiger partial charge in [0.1, 0.15) is 0 Å². The fourth-order valence-corrected chi connectivity index (χ4v) is 0.546. The molecule has 0 aromatic heterocycles. The van der Waals surface area contributed by atoms with Crippen LogP contribution >= 0.6 is 0 Å². The highest BCUT2D eigenvalue weighted by Crippen LogP contribution is 1.94. The lowest BCUT2D eigenvalue weighted by Crippen LogP contribution is -2.08. The van der Waals surface area contributed by atoms with Gasteiger partial charge in [-0.2, -0.15) is 0 Å². The average molecular weight is 137 g/mol. The third-order valence-electron chi connectivity index (χ3n) is 1.01. The van der Waals surface area contributed by atoms with Crippen LogP contribution < -0.4 is 5.32 Å². The summed E-state index contributed by atoms with van der Waals surface area (Å²) >= 11 is 0. The van der Waals surface area contributed by atoms with E-state index < -0.39 is 0 Å². The largest absolute Gasteiger partial charge is 0.316 e. The molecule has 0 unspecified atom stereocenters. The molecule has 0 aliphatic carbocycles. The van der Waals surface area contributed by atoms with E-state index in [1.165, 1.54) is 0 Å². The first-order chi connectivity index (χ1) is 4.66. The Morgan fingerprint density at radius 1 is 1.40 bits per heavy atom. The van der Waals surface area contributed by atoms with Gasteiger partial charge in [-0.25, -0.2) is 0 Å². The minimum atomic E-state index is 0.837. The summed E-state index contributed by atoms with van der Waals surface area (Å²) in [6.07, 6.45) is 3.93. The standard InChI is InChI=1S/C9H15N/c1-8(2)5-6-9(3)7-10-4/h5-6,10H,1,3,7H2,2,4H3/b6-5-. The van der Waals surface area contributed by atoms with Crippen LogP contribution in [0.4, 0.5) is 0 Å². The van der Waals surface area contributed by atoms with E-state index in [0.717, 1.165) is 17.7 Å². The van der Waals surface area contributed by atoms with Crippen LogP contribution in [0.25, 0.3) is 0 Å². The van der Waals surface area contributed by atoms with E-state index in [-0.39, 0.29) is 0 Å². The fourth-order valence-electron chi connectivity index (χ4n) is 0.546. The van der Waals surface area contributed by atoms with Crippen LogP contribution in [0.1, 0.15) is 6.92 Å². The lowest BCUT2D eigenvalue weighted by atomic mass is 10.2. The van der Waals surface area contributed by atoms with Crippen molar-refractivity contribution < 1.29 is 0 Å². The Morgan fingerprint density at radius 3 is 2.40 bits per heavy atom. The van der Waals surface area contributed by atoms with Crippen molar-refractivity contribution in [2.45, 2.75) is 6.92 Å². The molecule has 0 radical (unpaired) electrons. The van der Waals surface area contributed by atoms with Crippen molar-refractivity contribution in [3.8, 4) is 0 Å². The monoisotopic (exact) mass is 137 g/mol. The third kappa shape index (κ3) is 5.32. The summed E-state index contributed by atoms with van der Waals surface area (Å²) in [5, 5.41) is 3.01. The van der Waals surface area contributed by atoms with Crippen LogP contribution in [0.5, 0.6) is 0 Å². The van der Waals surface area contributed by atoms with Crippen LogP contribution in [0, 0.1) is 0 Å². The van der Waals surface area contributed by atoms with Crippen molar-refractivity contribution in [3.63, 3.8) is 0 Å². The number of hydrogen-bond acceptors (Lipinski definition) is 1. The van der Waals surface area contributed by atoms with E-state index in [4.69, 9.17) is 0 Å². The SMILES string of the molecule is C=C(C)/C=C\C(=C)CNC. The Labute approximate surface area is 63.1 Å². The van der Waals surface area contributed by atoms with Gasteiger partial charge in [0.2, 0.25) is 0 Å². The minimum absolute atomic E-state index is 0.837. The maximum Gasteiger partial charge on any atom is 0.0196 e. The van der Waals surface area contributed by atoms with Crippen molar-refractivity contribution >= 4 is 0 Å². The van der Waals surface area contributed by atoms with E-state index in [9.17, 15) is 0 Å². The Hall–Kier alpha value is -0.820. The Bertz CT molecular complexity index is 154. The average Bonchev–Trinajstić information content (AvgIpc) is 1.85. The summed E-state index contributed by atoms with van der Waals surface area (Å²) in [5.41, 5.74) is 2.13. The van der Waals surface area contributed by atoms with Gasteiger partial charge in [0, 0.05) is 6.54 Å². The van der Waals surface area contributed by atoms with E-state index in [2.05, 4.69) is 18.5 Å². The fraction of sp³-hybridized carbons (Fsp3) is 0.333. The zero-order valence-electron chi connectivity index (χ0n) is 6.78. The molecule has 0 amide bonds. The van der Waals surface area contributed by atoms with Gasteiger partial charge in [-0.15, -0.1) is 0 Å². The normalized spacial score (nSPS) is 10.2. The molecule has 0 spiro atoms.